The Balaban J connectivity index is 1.12. The van der Waals surface area contributed by atoms with Crippen LogP contribution in [0.3, 0.4) is 0 Å². The van der Waals surface area contributed by atoms with E-state index in [9.17, 15) is 0 Å². The number of fused-ring (bicyclic) bond motifs is 1. The molecular weight excluding hydrogens is 344 g/mol. The van der Waals surface area contributed by atoms with E-state index in [0.29, 0.717) is 0 Å². The van der Waals surface area contributed by atoms with Crippen molar-refractivity contribution in [2.45, 2.75) is 69.9 Å². The number of piperidine rings is 1. The monoisotopic (exact) mass is 384 g/mol. The highest BCUT2D eigenvalue weighted by Gasteiger charge is 2.37. The molecule has 1 saturated carbocycles. The van der Waals surface area contributed by atoms with Crippen molar-refractivity contribution in [3.05, 3.63) is 24.0 Å². The van der Waals surface area contributed by atoms with E-state index in [1.807, 2.05) is 0 Å². The molecule has 4 fully saturated rings. The lowest BCUT2D eigenvalue weighted by Crippen LogP contribution is -2.48. The van der Waals surface area contributed by atoms with Crippen LogP contribution in [0.1, 0.15) is 57.8 Å². The van der Waals surface area contributed by atoms with Gasteiger partial charge in [0, 0.05) is 57.0 Å². The molecule has 4 heterocycles. The summed E-state index contributed by atoms with van der Waals surface area (Å²) in [5.74, 6) is 1.76. The summed E-state index contributed by atoms with van der Waals surface area (Å²) in [6, 6.07) is 1.62. The van der Waals surface area contributed by atoms with Gasteiger partial charge in [-0.3, -0.25) is 0 Å². The van der Waals surface area contributed by atoms with Crippen molar-refractivity contribution in [1.29, 1.82) is 0 Å². The number of likely N-dealkylation sites (tertiary alicyclic amines) is 2. The fourth-order valence-electron chi connectivity index (χ4n) is 6.49. The number of hydrogen-bond acceptors (Lipinski definition) is 4. The summed E-state index contributed by atoms with van der Waals surface area (Å²) >= 11 is 0. The summed E-state index contributed by atoms with van der Waals surface area (Å²) in [4.78, 5) is 8.20. The van der Waals surface area contributed by atoms with Gasteiger partial charge in [0.1, 0.15) is 0 Å². The number of nitrogens with one attached hydrogen (secondary N) is 1. The van der Waals surface area contributed by atoms with E-state index in [0.717, 1.165) is 30.5 Å². The normalized spacial score (nSPS) is 33.6. The average molecular weight is 385 g/mol. The van der Waals surface area contributed by atoms with Crippen LogP contribution in [0.2, 0.25) is 0 Å². The van der Waals surface area contributed by atoms with Gasteiger partial charge in [-0.15, -0.1) is 0 Å². The Morgan fingerprint density at radius 3 is 2.18 bits per heavy atom. The predicted molar refractivity (Wildman–Crippen MR) is 116 cm³/mol. The highest BCUT2D eigenvalue weighted by molar-refractivity contribution is 5.20. The van der Waals surface area contributed by atoms with Gasteiger partial charge in [-0.2, -0.15) is 0 Å². The minimum Gasteiger partial charge on any atom is -0.373 e. The molecule has 3 saturated heterocycles. The second-order valence-electron chi connectivity index (χ2n) is 10.0. The van der Waals surface area contributed by atoms with Gasteiger partial charge in [0.15, 0.2) is 0 Å². The van der Waals surface area contributed by atoms with Crippen molar-refractivity contribution in [2.24, 2.45) is 11.8 Å². The molecule has 2 atom stereocenters. The molecule has 156 valence electrons. The molecule has 1 aliphatic carbocycles. The van der Waals surface area contributed by atoms with E-state index in [1.54, 1.807) is 5.70 Å². The van der Waals surface area contributed by atoms with Crippen LogP contribution in [0.25, 0.3) is 0 Å². The second-order valence-corrected chi connectivity index (χ2v) is 10.0. The Labute approximate surface area is 172 Å². The minimum absolute atomic E-state index is 0.744. The number of nitrogens with zero attached hydrogens (tertiary/aromatic N) is 3. The van der Waals surface area contributed by atoms with Gasteiger partial charge in [-0.1, -0.05) is 32.1 Å². The first-order valence-corrected chi connectivity index (χ1v) is 12.2. The Bertz CT molecular complexity index is 557. The molecule has 0 aromatic rings. The molecule has 0 radical (unpaired) electrons. The average Bonchev–Trinajstić information content (AvgIpc) is 3.30. The van der Waals surface area contributed by atoms with Crippen LogP contribution in [-0.2, 0) is 0 Å². The first-order chi connectivity index (χ1) is 13.9. The fourth-order valence-corrected chi connectivity index (χ4v) is 6.49. The molecule has 5 rings (SSSR count). The Morgan fingerprint density at radius 1 is 0.786 bits per heavy atom. The maximum atomic E-state index is 3.57. The second kappa shape index (κ2) is 8.79. The van der Waals surface area contributed by atoms with Crippen LogP contribution in [0, 0.1) is 11.8 Å². The fraction of sp³-hybridized carbons (Fsp3) is 0.833. The van der Waals surface area contributed by atoms with E-state index in [4.69, 9.17) is 0 Å². The van der Waals surface area contributed by atoms with Crippen LogP contribution in [0.5, 0.6) is 0 Å². The largest absolute Gasteiger partial charge is 0.373 e. The topological polar surface area (TPSA) is 21.8 Å². The van der Waals surface area contributed by atoms with Crippen LogP contribution in [-0.4, -0.2) is 72.6 Å². The molecule has 1 N–H and O–H groups in total. The molecule has 4 aliphatic heterocycles. The van der Waals surface area contributed by atoms with E-state index in [1.165, 1.54) is 97.1 Å². The summed E-state index contributed by atoms with van der Waals surface area (Å²) < 4.78 is 0. The van der Waals surface area contributed by atoms with Crippen molar-refractivity contribution >= 4 is 0 Å². The molecule has 5 aliphatic rings. The molecule has 0 bridgehead atoms. The summed E-state index contributed by atoms with van der Waals surface area (Å²) in [5.41, 5.74) is 1.57. The number of rotatable bonds is 3. The third-order valence-corrected chi connectivity index (χ3v) is 8.27. The standard InChI is InChI=1S/C24H40N4/c1-2-4-7-22(8-5-3-1)26-13-10-23(11-14-26)27-12-6-9-24(19-27)28-17-20-15-25-16-21(20)18-28/h6,9,12,20-23,25H,1-5,7-8,10-11,13-19H2. The van der Waals surface area contributed by atoms with Crippen LogP contribution >= 0.6 is 0 Å². The van der Waals surface area contributed by atoms with E-state index < -0.39 is 0 Å². The Hall–Kier alpha value is -1.00. The van der Waals surface area contributed by atoms with Gasteiger partial charge < -0.3 is 20.0 Å². The lowest BCUT2D eigenvalue weighted by atomic mass is 9.93. The zero-order valence-electron chi connectivity index (χ0n) is 17.7. The molecule has 0 amide bonds. The summed E-state index contributed by atoms with van der Waals surface area (Å²) in [6.45, 7) is 8.77. The van der Waals surface area contributed by atoms with Crippen molar-refractivity contribution < 1.29 is 0 Å². The molecule has 0 spiro atoms. The predicted octanol–water partition coefficient (Wildman–Crippen LogP) is 3.43. The van der Waals surface area contributed by atoms with Crippen LogP contribution in [0.15, 0.2) is 24.0 Å². The molecule has 2 unspecified atom stereocenters. The molecule has 4 nitrogen and oxygen atoms in total. The van der Waals surface area contributed by atoms with Crippen molar-refractivity contribution in [2.75, 3.05) is 45.8 Å². The maximum absolute atomic E-state index is 3.57. The lowest BCUT2D eigenvalue weighted by Gasteiger charge is -2.43. The molecule has 28 heavy (non-hydrogen) atoms. The molecule has 0 aromatic carbocycles. The van der Waals surface area contributed by atoms with E-state index in [-0.39, 0.29) is 0 Å². The SMILES string of the molecule is C1=CN(C2CCN(C3CCCCCCC3)CC2)CC(N2CC3CNCC3C2)=C1. The van der Waals surface area contributed by atoms with E-state index >= 15 is 0 Å². The van der Waals surface area contributed by atoms with Gasteiger partial charge in [-0.25, -0.2) is 0 Å². The smallest absolute Gasteiger partial charge is 0.0576 e. The zero-order chi connectivity index (χ0) is 18.8. The van der Waals surface area contributed by atoms with Gasteiger partial charge >= 0.3 is 0 Å². The van der Waals surface area contributed by atoms with Gasteiger partial charge in [0.25, 0.3) is 0 Å². The minimum atomic E-state index is 0.744. The highest BCUT2D eigenvalue weighted by Crippen LogP contribution is 2.31. The zero-order valence-corrected chi connectivity index (χ0v) is 17.7. The molecular formula is C24H40N4. The van der Waals surface area contributed by atoms with Crippen LogP contribution in [0.4, 0.5) is 0 Å². The highest BCUT2D eigenvalue weighted by atomic mass is 15.3. The van der Waals surface area contributed by atoms with Gasteiger partial charge in [0.2, 0.25) is 0 Å². The first-order valence-electron chi connectivity index (χ1n) is 12.2. The Morgan fingerprint density at radius 2 is 1.46 bits per heavy atom. The van der Waals surface area contributed by atoms with Crippen LogP contribution < -0.4 is 5.32 Å². The summed E-state index contributed by atoms with van der Waals surface area (Å²) in [7, 11) is 0. The van der Waals surface area contributed by atoms with Gasteiger partial charge in [-0.05, 0) is 55.9 Å². The van der Waals surface area contributed by atoms with Crippen molar-refractivity contribution in [3.63, 3.8) is 0 Å². The molecule has 4 heteroatoms. The summed E-state index contributed by atoms with van der Waals surface area (Å²) in [6.07, 6.45) is 20.0. The lowest BCUT2D eigenvalue weighted by molar-refractivity contribution is 0.0930. The third kappa shape index (κ3) is 4.14. The number of hydrogen-bond donors (Lipinski definition) is 1. The van der Waals surface area contributed by atoms with E-state index in [2.05, 4.69) is 38.4 Å². The Kier molecular flexibility index (Phi) is 5.96. The number of allylic oxidation sites excluding steroid dienone is 2. The molecule has 0 aromatic heterocycles. The first kappa shape index (κ1) is 19.0. The van der Waals surface area contributed by atoms with Crippen molar-refractivity contribution in [1.82, 2.24) is 20.0 Å². The van der Waals surface area contributed by atoms with Crippen molar-refractivity contribution in [3.8, 4) is 0 Å². The quantitative estimate of drug-likeness (QED) is 0.805. The third-order valence-electron chi connectivity index (χ3n) is 8.27. The summed E-state index contributed by atoms with van der Waals surface area (Å²) in [5, 5.41) is 3.57. The maximum Gasteiger partial charge on any atom is 0.0576 e. The van der Waals surface area contributed by atoms with Gasteiger partial charge in [0.05, 0.1) is 6.54 Å².